The monoisotopic (exact) mass is 723 g/mol. The van der Waals surface area contributed by atoms with Crippen molar-refractivity contribution >= 4 is 29.1 Å². The Kier molecular flexibility index (Phi) is 11.3. The van der Waals surface area contributed by atoms with Crippen LogP contribution in [0, 0.1) is 5.41 Å². The second-order valence-corrected chi connectivity index (χ2v) is 15.2. The molecule has 0 bridgehead atoms. The number of anilines is 1. The van der Waals surface area contributed by atoms with Crippen molar-refractivity contribution in [1.29, 1.82) is 0 Å². The molecule has 2 fully saturated rings. The van der Waals surface area contributed by atoms with Crippen molar-refractivity contribution in [2.75, 3.05) is 50.8 Å². The normalized spacial score (nSPS) is 20.5. The molecule has 0 radical (unpaired) electrons. The number of nitrogens with one attached hydrogen (secondary N) is 2. The minimum atomic E-state index is -0.361. The molecule has 2 atom stereocenters. The molecule has 3 aliphatic rings. The smallest absolute Gasteiger partial charge is 0.320 e. The molecule has 1 aromatic carbocycles. The molecule has 2 saturated heterocycles. The van der Waals surface area contributed by atoms with Gasteiger partial charge in [0.2, 0.25) is 5.95 Å². The van der Waals surface area contributed by atoms with Gasteiger partial charge in [-0.2, -0.15) is 5.10 Å². The number of aromatic nitrogens is 5. The summed E-state index contributed by atoms with van der Waals surface area (Å²) in [6, 6.07) is 11.5. The Balaban J connectivity index is 1.03. The van der Waals surface area contributed by atoms with Crippen molar-refractivity contribution in [1.82, 2.24) is 39.9 Å². The van der Waals surface area contributed by atoms with Crippen LogP contribution < -0.4 is 26.0 Å². The molecule has 4 aromatic rings. The first-order valence-corrected chi connectivity index (χ1v) is 19.0. The molecular weight excluding hydrogens is 671 g/mol. The van der Waals surface area contributed by atoms with Crippen molar-refractivity contribution < 1.29 is 14.3 Å². The van der Waals surface area contributed by atoms with Gasteiger partial charge in [0.1, 0.15) is 23.4 Å². The van der Waals surface area contributed by atoms with Crippen LogP contribution in [0.1, 0.15) is 82.6 Å². The van der Waals surface area contributed by atoms with E-state index in [1.54, 1.807) is 12.3 Å². The maximum Gasteiger partial charge on any atom is 0.320 e. The average Bonchev–Trinajstić information content (AvgIpc) is 3.69. The number of ether oxygens (including phenoxy) is 2. The summed E-state index contributed by atoms with van der Waals surface area (Å²) >= 11 is 0. The number of amidine groups is 1. The number of rotatable bonds is 9. The van der Waals surface area contributed by atoms with Crippen molar-refractivity contribution in [2.45, 2.75) is 78.0 Å². The molecule has 1 aliphatic carbocycles. The summed E-state index contributed by atoms with van der Waals surface area (Å²) in [4.78, 5) is 23.1. The second-order valence-electron chi connectivity index (χ2n) is 15.2. The Morgan fingerprint density at radius 3 is 2.64 bits per heavy atom. The minimum Gasteiger partial charge on any atom is -0.484 e. The quantitative estimate of drug-likeness (QED) is 0.150. The minimum absolute atomic E-state index is 0.171. The number of piperidine rings is 1. The number of hydrogen-bond donors (Lipinski definition) is 3. The molecule has 14 nitrogen and oxygen atoms in total. The number of aliphatic imine (C=N–C) groups is 1. The van der Waals surface area contributed by atoms with Crippen molar-refractivity contribution in [3.05, 3.63) is 77.9 Å². The highest BCUT2D eigenvalue weighted by Crippen LogP contribution is 2.39. The van der Waals surface area contributed by atoms with Gasteiger partial charge in [0.25, 0.3) is 0 Å². The number of nitrogens with zero attached hydrogens (tertiary/aromatic N) is 8. The summed E-state index contributed by atoms with van der Waals surface area (Å²) in [6.45, 7) is 13.2. The van der Waals surface area contributed by atoms with Gasteiger partial charge < -0.3 is 25.4 Å². The molecule has 0 saturated carbocycles. The van der Waals surface area contributed by atoms with Crippen LogP contribution in [-0.4, -0.2) is 87.1 Å². The van der Waals surface area contributed by atoms with Gasteiger partial charge in [-0.1, -0.05) is 45.0 Å². The van der Waals surface area contributed by atoms with Gasteiger partial charge in [0.15, 0.2) is 5.65 Å². The van der Waals surface area contributed by atoms with Crippen molar-refractivity contribution in [3.8, 4) is 5.75 Å². The Hall–Kier alpha value is -4.95. The number of amides is 2. The number of urea groups is 1. The molecule has 2 amide bonds. The predicted octanol–water partition coefficient (Wildman–Crippen LogP) is 5.51. The number of hydrogen-bond acceptors (Lipinski definition) is 10. The summed E-state index contributed by atoms with van der Waals surface area (Å²) in [5.41, 5.74) is 10.3. The zero-order valence-electron chi connectivity index (χ0n) is 31.2. The number of carbonyl (C=O) groups excluding carboxylic acids is 1. The molecule has 7 rings (SSSR count). The zero-order valence-corrected chi connectivity index (χ0v) is 31.2. The van der Waals surface area contributed by atoms with Gasteiger partial charge in [0, 0.05) is 56.5 Å². The Bertz CT molecular complexity index is 1910. The highest BCUT2D eigenvalue weighted by Gasteiger charge is 2.30. The Labute approximate surface area is 311 Å². The van der Waals surface area contributed by atoms with Crippen LogP contribution in [0.3, 0.4) is 0 Å². The van der Waals surface area contributed by atoms with E-state index in [1.807, 2.05) is 66.5 Å². The number of carbonyl (C=O) groups is 1. The topological polar surface area (TPSA) is 152 Å². The van der Waals surface area contributed by atoms with Crippen LogP contribution in [0.5, 0.6) is 5.75 Å². The third-order valence-corrected chi connectivity index (χ3v) is 10.2. The first kappa shape index (κ1) is 36.4. The zero-order chi connectivity index (χ0) is 36.8. The van der Waals surface area contributed by atoms with E-state index in [0.29, 0.717) is 23.6 Å². The van der Waals surface area contributed by atoms with E-state index in [1.165, 1.54) is 6.42 Å². The SMILES string of the molecule is CC(C)(C)C(N)=CC(=Nc1cnn(CCN2CCCOCC2)c1)NC(=O)N[C@H]1CC[C@@H](Oc2ccc3nnc(N4CCCCC4)n3c2)c2ccccc21. The van der Waals surface area contributed by atoms with Gasteiger partial charge in [-0.25, -0.2) is 9.79 Å². The van der Waals surface area contributed by atoms with Gasteiger partial charge in [0.05, 0.1) is 37.8 Å². The van der Waals surface area contributed by atoms with Gasteiger partial charge in [-0.05, 0) is 61.8 Å². The Morgan fingerprint density at radius 2 is 1.81 bits per heavy atom. The van der Waals surface area contributed by atoms with Gasteiger partial charge in [-0.3, -0.25) is 19.3 Å². The van der Waals surface area contributed by atoms with E-state index in [-0.39, 0.29) is 23.6 Å². The van der Waals surface area contributed by atoms with E-state index in [4.69, 9.17) is 20.2 Å². The first-order chi connectivity index (χ1) is 25.7. The fourth-order valence-electron chi connectivity index (χ4n) is 7.13. The van der Waals surface area contributed by atoms with Crippen molar-refractivity contribution in [3.63, 3.8) is 0 Å². The molecule has 0 spiro atoms. The molecule has 5 heterocycles. The summed E-state index contributed by atoms with van der Waals surface area (Å²) in [5, 5.41) is 19.6. The lowest BCUT2D eigenvalue weighted by Crippen LogP contribution is -2.42. The lowest BCUT2D eigenvalue weighted by Gasteiger charge is -2.32. The Morgan fingerprint density at radius 1 is 0.981 bits per heavy atom. The van der Waals surface area contributed by atoms with Crippen LogP contribution in [0.4, 0.5) is 16.4 Å². The van der Waals surface area contributed by atoms with E-state index in [0.717, 1.165) is 107 Å². The third-order valence-electron chi connectivity index (χ3n) is 10.2. The van der Waals surface area contributed by atoms with Crippen molar-refractivity contribution in [2.24, 2.45) is 16.1 Å². The fourth-order valence-corrected chi connectivity index (χ4v) is 7.13. The third kappa shape index (κ3) is 9.17. The number of pyridine rings is 1. The molecule has 282 valence electrons. The van der Waals surface area contributed by atoms with Gasteiger partial charge >= 0.3 is 6.03 Å². The maximum atomic E-state index is 13.6. The van der Waals surface area contributed by atoms with Crippen LogP contribution in [-0.2, 0) is 11.3 Å². The molecule has 0 unspecified atom stereocenters. The second kappa shape index (κ2) is 16.4. The van der Waals surface area contributed by atoms with E-state index in [2.05, 4.69) is 47.9 Å². The number of fused-ring (bicyclic) bond motifs is 2. The molecule has 53 heavy (non-hydrogen) atoms. The number of benzene rings is 1. The standard InChI is InChI=1S/C39H53N11O3/c1-39(2,3)34(40)24-35(42-28-25-41-49(26-28)20-19-47-16-9-22-52-23-21-47)44-37(51)43-32-13-14-33(31-11-6-5-10-30(31)32)53-29-12-15-36-45-46-38(50(36)27-29)48-17-7-4-8-18-48/h5-6,10-12,15,24-27,32-33H,4,7-9,13-14,16-23,40H2,1-3H3,(H2,42,43,44,51)/t32-,33+/m0/s1. The summed E-state index contributed by atoms with van der Waals surface area (Å²) in [7, 11) is 0. The summed E-state index contributed by atoms with van der Waals surface area (Å²) < 4.78 is 16.1. The molecule has 3 aromatic heterocycles. The summed E-state index contributed by atoms with van der Waals surface area (Å²) in [5.74, 6) is 1.96. The molecular formula is C39H53N11O3. The van der Waals surface area contributed by atoms with E-state index in [9.17, 15) is 4.79 Å². The van der Waals surface area contributed by atoms with E-state index < -0.39 is 0 Å². The van der Waals surface area contributed by atoms with Crippen LogP contribution in [0.25, 0.3) is 5.65 Å². The molecule has 14 heteroatoms. The molecule has 4 N–H and O–H groups in total. The summed E-state index contributed by atoms with van der Waals surface area (Å²) in [6.07, 6.45) is 13.2. The maximum absolute atomic E-state index is 13.6. The van der Waals surface area contributed by atoms with Gasteiger partial charge in [-0.15, -0.1) is 10.2 Å². The number of allylic oxidation sites excluding steroid dienone is 1. The predicted molar refractivity (Wildman–Crippen MR) is 205 cm³/mol. The van der Waals surface area contributed by atoms with Crippen LogP contribution >= 0.6 is 0 Å². The van der Waals surface area contributed by atoms with Crippen LogP contribution in [0.15, 0.2) is 71.8 Å². The first-order valence-electron chi connectivity index (χ1n) is 19.0. The lowest BCUT2D eigenvalue weighted by atomic mass is 9.85. The highest BCUT2D eigenvalue weighted by atomic mass is 16.5. The lowest BCUT2D eigenvalue weighted by molar-refractivity contribution is 0.140. The average molecular weight is 724 g/mol. The highest BCUT2D eigenvalue weighted by molar-refractivity contribution is 6.05. The van der Waals surface area contributed by atoms with E-state index >= 15 is 0 Å². The fraction of sp³-hybridized carbons (Fsp3) is 0.513. The molecule has 2 aliphatic heterocycles. The largest absolute Gasteiger partial charge is 0.484 e. The van der Waals surface area contributed by atoms with Crippen LogP contribution in [0.2, 0.25) is 0 Å². The number of nitrogens with two attached hydrogens (primary N) is 1.